The molecule has 0 saturated carbocycles. The Morgan fingerprint density at radius 3 is 2.35 bits per heavy atom. The molecule has 0 fully saturated rings. The van der Waals surface area contributed by atoms with Crippen LogP contribution >= 0.6 is 0 Å². The summed E-state index contributed by atoms with van der Waals surface area (Å²) in [7, 11) is 0. The summed E-state index contributed by atoms with van der Waals surface area (Å²) in [4.78, 5) is 8.87. The Bertz CT molecular complexity index is 511. The number of nitrogens with zero attached hydrogens (tertiary/aromatic N) is 2. The summed E-state index contributed by atoms with van der Waals surface area (Å²) in [5, 5.41) is 0. The van der Waals surface area contributed by atoms with Crippen LogP contribution in [0.3, 0.4) is 0 Å². The quantitative estimate of drug-likeness (QED) is 0.877. The van der Waals surface area contributed by atoms with E-state index >= 15 is 0 Å². The molecule has 0 spiro atoms. The highest BCUT2D eigenvalue weighted by molar-refractivity contribution is 5.23. The lowest BCUT2D eigenvalue weighted by Gasteiger charge is -2.16. The van der Waals surface area contributed by atoms with Gasteiger partial charge in [0, 0.05) is 25.0 Å². The third kappa shape index (κ3) is 3.85. The average molecular weight is 271 g/mol. The number of hydrogen-bond acceptors (Lipinski definition) is 4. The first-order valence-electron chi connectivity index (χ1n) is 6.93. The van der Waals surface area contributed by atoms with Gasteiger partial charge in [-0.05, 0) is 31.4 Å². The molecule has 0 bridgehead atoms. The van der Waals surface area contributed by atoms with E-state index < -0.39 is 0 Å². The fourth-order valence-electron chi connectivity index (χ4n) is 2.09. The zero-order valence-corrected chi connectivity index (χ0v) is 12.0. The number of rotatable bonds is 6. The summed E-state index contributed by atoms with van der Waals surface area (Å²) in [6.07, 6.45) is 4.23. The minimum Gasteiger partial charge on any atom is -0.366 e. The fourth-order valence-corrected chi connectivity index (χ4v) is 2.09. The van der Waals surface area contributed by atoms with Gasteiger partial charge in [0.25, 0.3) is 0 Å². The van der Waals surface area contributed by atoms with Gasteiger partial charge in [-0.3, -0.25) is 0 Å². The topological polar surface area (TPSA) is 61.0 Å². The van der Waals surface area contributed by atoms with E-state index in [1.807, 2.05) is 56.6 Å². The summed E-state index contributed by atoms with van der Waals surface area (Å²) in [5.41, 5.74) is 7.89. The molecule has 0 radical (unpaired) electrons. The molecule has 4 nitrogen and oxygen atoms in total. The van der Waals surface area contributed by atoms with Gasteiger partial charge in [0.1, 0.15) is 6.10 Å². The van der Waals surface area contributed by atoms with Gasteiger partial charge in [-0.2, -0.15) is 0 Å². The van der Waals surface area contributed by atoms with Crippen LogP contribution in [-0.4, -0.2) is 22.6 Å². The molecule has 0 amide bonds. The van der Waals surface area contributed by atoms with Crippen molar-refractivity contribution in [1.82, 2.24) is 9.97 Å². The third-order valence-corrected chi connectivity index (χ3v) is 2.95. The maximum absolute atomic E-state index is 5.79. The first kappa shape index (κ1) is 14.6. The molecule has 106 valence electrons. The van der Waals surface area contributed by atoms with E-state index in [4.69, 9.17) is 10.5 Å². The van der Waals surface area contributed by atoms with Crippen LogP contribution in [-0.2, 0) is 11.2 Å². The predicted molar refractivity (Wildman–Crippen MR) is 79.3 cm³/mol. The Hall–Kier alpha value is -1.78. The van der Waals surface area contributed by atoms with E-state index in [0.717, 1.165) is 17.5 Å². The SMILES string of the molecule is CCOC(c1ccccc1)c1ncc(CC(C)N)cn1. The lowest BCUT2D eigenvalue weighted by Crippen LogP contribution is -2.18. The average Bonchev–Trinajstić information content (AvgIpc) is 2.46. The second kappa shape index (κ2) is 7.12. The maximum atomic E-state index is 5.79. The Balaban J connectivity index is 2.21. The van der Waals surface area contributed by atoms with Gasteiger partial charge < -0.3 is 10.5 Å². The van der Waals surface area contributed by atoms with Crippen molar-refractivity contribution in [1.29, 1.82) is 0 Å². The minimum absolute atomic E-state index is 0.112. The van der Waals surface area contributed by atoms with E-state index in [1.165, 1.54) is 0 Å². The number of benzene rings is 1. The summed E-state index contributed by atoms with van der Waals surface area (Å²) in [6, 6.07) is 10.1. The summed E-state index contributed by atoms with van der Waals surface area (Å²) >= 11 is 0. The lowest BCUT2D eigenvalue weighted by atomic mass is 10.1. The Morgan fingerprint density at radius 1 is 1.15 bits per heavy atom. The molecule has 2 N–H and O–H groups in total. The highest BCUT2D eigenvalue weighted by Crippen LogP contribution is 2.22. The van der Waals surface area contributed by atoms with Crippen LogP contribution in [0.1, 0.15) is 36.9 Å². The number of hydrogen-bond donors (Lipinski definition) is 1. The molecule has 20 heavy (non-hydrogen) atoms. The van der Waals surface area contributed by atoms with Crippen LogP contribution in [0.4, 0.5) is 0 Å². The minimum atomic E-state index is -0.217. The molecular weight excluding hydrogens is 250 g/mol. The van der Waals surface area contributed by atoms with Crippen LogP contribution in [0.2, 0.25) is 0 Å². The second-order valence-corrected chi connectivity index (χ2v) is 4.88. The van der Waals surface area contributed by atoms with Crippen molar-refractivity contribution < 1.29 is 4.74 Å². The second-order valence-electron chi connectivity index (χ2n) is 4.88. The molecule has 4 heteroatoms. The molecule has 0 aliphatic heterocycles. The molecule has 2 atom stereocenters. The monoisotopic (exact) mass is 271 g/mol. The molecule has 0 aliphatic rings. The zero-order valence-electron chi connectivity index (χ0n) is 12.0. The fraction of sp³-hybridized carbons (Fsp3) is 0.375. The van der Waals surface area contributed by atoms with Crippen molar-refractivity contribution in [2.24, 2.45) is 5.73 Å². The van der Waals surface area contributed by atoms with Gasteiger partial charge >= 0.3 is 0 Å². The van der Waals surface area contributed by atoms with Gasteiger partial charge in [-0.25, -0.2) is 9.97 Å². The van der Waals surface area contributed by atoms with Crippen LogP contribution < -0.4 is 5.73 Å². The van der Waals surface area contributed by atoms with E-state index in [2.05, 4.69) is 9.97 Å². The van der Waals surface area contributed by atoms with Crippen LogP contribution in [0.5, 0.6) is 0 Å². The molecule has 1 aromatic carbocycles. The molecule has 1 heterocycles. The van der Waals surface area contributed by atoms with Crippen molar-refractivity contribution in [2.75, 3.05) is 6.61 Å². The Kier molecular flexibility index (Phi) is 5.21. The van der Waals surface area contributed by atoms with Gasteiger partial charge in [0.05, 0.1) is 0 Å². The number of nitrogens with two attached hydrogens (primary N) is 1. The lowest BCUT2D eigenvalue weighted by molar-refractivity contribution is 0.0850. The van der Waals surface area contributed by atoms with E-state index in [-0.39, 0.29) is 12.1 Å². The van der Waals surface area contributed by atoms with Gasteiger partial charge in [0.2, 0.25) is 0 Å². The standard InChI is InChI=1S/C16H21N3O/c1-3-20-15(14-7-5-4-6-8-14)16-18-10-13(11-19-16)9-12(2)17/h4-8,10-12,15H,3,9,17H2,1-2H3. The first-order valence-corrected chi connectivity index (χ1v) is 6.93. The predicted octanol–water partition coefficient (Wildman–Crippen LogP) is 2.49. The highest BCUT2D eigenvalue weighted by atomic mass is 16.5. The Morgan fingerprint density at radius 2 is 1.80 bits per heavy atom. The molecule has 2 rings (SSSR count). The largest absolute Gasteiger partial charge is 0.366 e. The normalized spacial score (nSPS) is 13.9. The van der Waals surface area contributed by atoms with Gasteiger partial charge in [-0.15, -0.1) is 0 Å². The van der Waals surface area contributed by atoms with Gasteiger partial charge in [0.15, 0.2) is 5.82 Å². The van der Waals surface area contributed by atoms with Crippen LogP contribution in [0.25, 0.3) is 0 Å². The molecule has 2 aromatic rings. The maximum Gasteiger partial charge on any atom is 0.161 e. The smallest absolute Gasteiger partial charge is 0.161 e. The molecule has 0 aliphatic carbocycles. The van der Waals surface area contributed by atoms with Crippen molar-refractivity contribution in [3.8, 4) is 0 Å². The van der Waals surface area contributed by atoms with E-state index in [0.29, 0.717) is 12.4 Å². The van der Waals surface area contributed by atoms with Crippen LogP contribution in [0.15, 0.2) is 42.7 Å². The van der Waals surface area contributed by atoms with E-state index in [1.54, 1.807) is 0 Å². The third-order valence-electron chi connectivity index (χ3n) is 2.95. The highest BCUT2D eigenvalue weighted by Gasteiger charge is 2.16. The summed E-state index contributed by atoms with van der Waals surface area (Å²) < 4.78 is 5.79. The number of ether oxygens (including phenoxy) is 1. The Labute approximate surface area is 120 Å². The molecular formula is C16H21N3O. The van der Waals surface area contributed by atoms with Crippen molar-refractivity contribution in [3.05, 3.63) is 59.7 Å². The first-order chi connectivity index (χ1) is 9.70. The van der Waals surface area contributed by atoms with Crippen molar-refractivity contribution in [3.63, 3.8) is 0 Å². The molecule has 2 unspecified atom stereocenters. The van der Waals surface area contributed by atoms with Crippen molar-refractivity contribution >= 4 is 0 Å². The van der Waals surface area contributed by atoms with E-state index in [9.17, 15) is 0 Å². The van der Waals surface area contributed by atoms with Crippen LogP contribution in [0, 0.1) is 0 Å². The summed E-state index contributed by atoms with van der Waals surface area (Å²) in [6.45, 7) is 4.56. The van der Waals surface area contributed by atoms with Gasteiger partial charge in [-0.1, -0.05) is 30.3 Å². The zero-order chi connectivity index (χ0) is 14.4. The number of aromatic nitrogens is 2. The summed E-state index contributed by atoms with van der Waals surface area (Å²) in [5.74, 6) is 0.687. The molecule has 0 saturated heterocycles. The molecule has 1 aromatic heterocycles. The van der Waals surface area contributed by atoms with Crippen molar-refractivity contribution in [2.45, 2.75) is 32.4 Å².